The maximum absolute atomic E-state index is 13.1. The van der Waals surface area contributed by atoms with Gasteiger partial charge in [0.2, 0.25) is 5.91 Å². The van der Waals surface area contributed by atoms with Crippen LogP contribution in [-0.2, 0) is 25.9 Å². The van der Waals surface area contributed by atoms with Crippen molar-refractivity contribution in [3.8, 4) is 0 Å². The smallest absolute Gasteiger partial charge is 0.410 e. The average Bonchev–Trinajstić information content (AvgIpc) is 2.90. The van der Waals surface area contributed by atoms with Gasteiger partial charge in [-0.1, -0.05) is 12.1 Å². The van der Waals surface area contributed by atoms with E-state index >= 15 is 0 Å². The molecule has 2 heterocycles. The fourth-order valence-corrected chi connectivity index (χ4v) is 4.64. The van der Waals surface area contributed by atoms with Gasteiger partial charge in [0.05, 0.1) is 10.3 Å². The maximum atomic E-state index is 13.1. The van der Waals surface area contributed by atoms with Crippen molar-refractivity contribution in [2.24, 2.45) is 5.41 Å². The van der Waals surface area contributed by atoms with E-state index in [1.165, 1.54) is 6.26 Å². The second kappa shape index (κ2) is 7.63. The Balaban J connectivity index is 1.60. The number of sulfone groups is 1. The Bertz CT molecular complexity index is 879. The first-order valence-corrected chi connectivity index (χ1v) is 11.9. The Kier molecular flexibility index (Phi) is 5.69. The van der Waals surface area contributed by atoms with E-state index in [4.69, 9.17) is 4.74 Å². The van der Waals surface area contributed by atoms with Crippen molar-refractivity contribution in [3.05, 3.63) is 29.8 Å². The monoisotopic (exact) mass is 422 g/mol. The van der Waals surface area contributed by atoms with Crippen LogP contribution in [-0.4, -0.2) is 61.7 Å². The summed E-state index contributed by atoms with van der Waals surface area (Å²) in [6.07, 6.45) is 2.94. The van der Waals surface area contributed by atoms with E-state index in [1.54, 1.807) is 29.2 Å². The van der Waals surface area contributed by atoms with Crippen LogP contribution in [0.25, 0.3) is 0 Å². The highest BCUT2D eigenvalue weighted by Crippen LogP contribution is 2.42. The molecule has 29 heavy (non-hydrogen) atoms. The van der Waals surface area contributed by atoms with Gasteiger partial charge in [-0.25, -0.2) is 13.2 Å². The Hall–Kier alpha value is -2.09. The van der Waals surface area contributed by atoms with Crippen LogP contribution >= 0.6 is 0 Å². The van der Waals surface area contributed by atoms with Crippen molar-refractivity contribution in [1.29, 1.82) is 0 Å². The standard InChI is InChI=1S/C21H30N2O5S/c1-20(2,3)28-19(25)22-12-9-21(10-13-22)11-14-23(18(21)24)15-16-5-7-17(8-6-16)29(4,26)27/h5-8H,9-15H2,1-4H3. The van der Waals surface area contributed by atoms with Gasteiger partial charge in [0.15, 0.2) is 9.84 Å². The van der Waals surface area contributed by atoms with Gasteiger partial charge in [-0.05, 0) is 57.7 Å². The van der Waals surface area contributed by atoms with Crippen molar-refractivity contribution in [3.63, 3.8) is 0 Å². The number of hydrogen-bond donors (Lipinski definition) is 0. The van der Waals surface area contributed by atoms with Crippen LogP contribution in [0.1, 0.15) is 45.6 Å². The summed E-state index contributed by atoms with van der Waals surface area (Å²) in [6.45, 7) is 7.74. The van der Waals surface area contributed by atoms with Crippen LogP contribution in [0.2, 0.25) is 0 Å². The number of piperidine rings is 1. The molecule has 0 radical (unpaired) electrons. The third-order valence-electron chi connectivity index (χ3n) is 5.70. The highest BCUT2D eigenvalue weighted by molar-refractivity contribution is 7.90. The maximum Gasteiger partial charge on any atom is 0.410 e. The van der Waals surface area contributed by atoms with Gasteiger partial charge in [-0.2, -0.15) is 0 Å². The highest BCUT2D eigenvalue weighted by Gasteiger charge is 2.48. The topological polar surface area (TPSA) is 84.0 Å². The number of likely N-dealkylation sites (tertiary alicyclic amines) is 2. The van der Waals surface area contributed by atoms with Crippen LogP contribution in [0, 0.1) is 5.41 Å². The largest absolute Gasteiger partial charge is 0.444 e. The SMILES string of the molecule is CC(C)(C)OC(=O)N1CCC2(CC1)CCN(Cc1ccc(S(C)(=O)=O)cc1)C2=O. The molecule has 0 unspecified atom stereocenters. The molecule has 2 fully saturated rings. The van der Waals surface area contributed by atoms with Gasteiger partial charge in [-0.15, -0.1) is 0 Å². The summed E-state index contributed by atoms with van der Waals surface area (Å²) in [4.78, 5) is 29.2. The van der Waals surface area contributed by atoms with Crippen molar-refractivity contribution in [2.45, 2.75) is 57.1 Å². The van der Waals surface area contributed by atoms with Crippen LogP contribution in [0.15, 0.2) is 29.2 Å². The number of ether oxygens (including phenoxy) is 1. The number of carbonyl (C=O) groups excluding carboxylic acids is 2. The van der Waals surface area contributed by atoms with E-state index in [-0.39, 0.29) is 16.9 Å². The second-order valence-corrected chi connectivity index (χ2v) is 11.2. The molecular formula is C21H30N2O5S. The van der Waals surface area contributed by atoms with Crippen molar-refractivity contribution < 1.29 is 22.7 Å². The van der Waals surface area contributed by atoms with Gasteiger partial charge in [-0.3, -0.25) is 4.79 Å². The number of benzene rings is 1. The minimum atomic E-state index is -3.23. The van der Waals surface area contributed by atoms with Crippen LogP contribution < -0.4 is 0 Å². The third kappa shape index (κ3) is 4.91. The van der Waals surface area contributed by atoms with E-state index in [0.29, 0.717) is 39.0 Å². The molecule has 2 aliphatic rings. The summed E-state index contributed by atoms with van der Waals surface area (Å²) >= 11 is 0. The first-order chi connectivity index (χ1) is 13.4. The number of amides is 2. The molecule has 1 aromatic rings. The Morgan fingerprint density at radius 2 is 1.62 bits per heavy atom. The first-order valence-electron chi connectivity index (χ1n) is 9.96. The van der Waals surface area contributed by atoms with Crippen LogP contribution in [0.3, 0.4) is 0 Å². The predicted molar refractivity (Wildman–Crippen MR) is 109 cm³/mol. The van der Waals surface area contributed by atoms with E-state index in [0.717, 1.165) is 12.0 Å². The summed E-state index contributed by atoms with van der Waals surface area (Å²) in [6, 6.07) is 6.69. The van der Waals surface area contributed by atoms with E-state index < -0.39 is 20.9 Å². The number of carbonyl (C=O) groups is 2. The number of hydrogen-bond acceptors (Lipinski definition) is 5. The minimum Gasteiger partial charge on any atom is -0.444 e. The predicted octanol–water partition coefficient (Wildman–Crippen LogP) is 2.84. The second-order valence-electron chi connectivity index (χ2n) is 9.14. The van der Waals surface area contributed by atoms with Crippen LogP contribution in [0.5, 0.6) is 0 Å². The Morgan fingerprint density at radius 1 is 1.07 bits per heavy atom. The molecule has 160 valence electrons. The molecule has 0 N–H and O–H groups in total. The zero-order valence-electron chi connectivity index (χ0n) is 17.6. The number of nitrogens with zero attached hydrogens (tertiary/aromatic N) is 2. The average molecular weight is 423 g/mol. The lowest BCUT2D eigenvalue weighted by Gasteiger charge is -2.38. The first kappa shape index (κ1) is 21.6. The molecule has 0 aliphatic carbocycles. The summed E-state index contributed by atoms with van der Waals surface area (Å²) in [5.74, 6) is 0.133. The zero-order chi connectivity index (χ0) is 21.4. The molecule has 3 rings (SSSR count). The molecule has 0 atom stereocenters. The molecular weight excluding hydrogens is 392 g/mol. The third-order valence-corrected chi connectivity index (χ3v) is 6.83. The normalized spacial score (nSPS) is 19.7. The molecule has 2 amide bonds. The van der Waals surface area contributed by atoms with Crippen LogP contribution in [0.4, 0.5) is 4.79 Å². The molecule has 8 heteroatoms. The van der Waals surface area contributed by atoms with E-state index in [2.05, 4.69) is 0 Å². The molecule has 0 bridgehead atoms. The van der Waals surface area contributed by atoms with Crippen molar-refractivity contribution >= 4 is 21.8 Å². The molecule has 0 aromatic heterocycles. The molecule has 1 aromatic carbocycles. The van der Waals surface area contributed by atoms with Gasteiger partial charge in [0, 0.05) is 32.4 Å². The van der Waals surface area contributed by atoms with Crippen molar-refractivity contribution in [2.75, 3.05) is 25.9 Å². The lowest BCUT2D eigenvalue weighted by Crippen LogP contribution is -2.47. The molecule has 1 spiro atoms. The highest BCUT2D eigenvalue weighted by atomic mass is 32.2. The Morgan fingerprint density at radius 3 is 2.14 bits per heavy atom. The number of rotatable bonds is 3. The summed E-state index contributed by atoms with van der Waals surface area (Å²) in [7, 11) is -3.23. The summed E-state index contributed by atoms with van der Waals surface area (Å²) in [5, 5.41) is 0. The fraction of sp³-hybridized carbons (Fsp3) is 0.619. The molecule has 7 nitrogen and oxygen atoms in total. The summed E-state index contributed by atoms with van der Waals surface area (Å²) in [5.41, 5.74) is -0.0154. The minimum absolute atomic E-state index is 0.133. The van der Waals surface area contributed by atoms with E-state index in [1.807, 2.05) is 25.7 Å². The van der Waals surface area contributed by atoms with Crippen molar-refractivity contribution in [1.82, 2.24) is 9.80 Å². The van der Waals surface area contributed by atoms with Gasteiger partial charge in [0.25, 0.3) is 0 Å². The zero-order valence-corrected chi connectivity index (χ0v) is 18.4. The van der Waals surface area contributed by atoms with Gasteiger partial charge in [0.1, 0.15) is 5.60 Å². The molecule has 0 saturated carbocycles. The fourth-order valence-electron chi connectivity index (χ4n) is 4.01. The molecule has 2 saturated heterocycles. The Labute approximate surface area is 172 Å². The molecule has 2 aliphatic heterocycles. The van der Waals surface area contributed by atoms with E-state index in [9.17, 15) is 18.0 Å². The lowest BCUT2D eigenvalue weighted by atomic mass is 9.77. The summed E-state index contributed by atoms with van der Waals surface area (Å²) < 4.78 is 28.6. The van der Waals surface area contributed by atoms with Gasteiger partial charge >= 0.3 is 6.09 Å². The van der Waals surface area contributed by atoms with Gasteiger partial charge < -0.3 is 14.5 Å². The lowest BCUT2D eigenvalue weighted by molar-refractivity contribution is -0.138. The quantitative estimate of drug-likeness (QED) is 0.748.